The number of nitrogens with zero attached hydrogens (tertiary/aromatic N) is 2. The Kier molecular flexibility index (Phi) is 4.51. The van der Waals surface area contributed by atoms with E-state index in [1.165, 1.54) is 16.2 Å². The molecule has 0 unspecified atom stereocenters. The number of hydrogen-bond donors (Lipinski definition) is 0. The Morgan fingerprint density at radius 2 is 2.25 bits per heavy atom. The van der Waals surface area contributed by atoms with E-state index in [9.17, 15) is 4.79 Å². The highest BCUT2D eigenvalue weighted by atomic mass is 32.1. The van der Waals surface area contributed by atoms with Crippen molar-refractivity contribution in [2.45, 2.75) is 27.2 Å². The third-order valence-electron chi connectivity index (χ3n) is 2.54. The Morgan fingerprint density at radius 3 is 2.69 bits per heavy atom. The Hall–Kier alpha value is -1.34. The van der Waals surface area contributed by atoms with Gasteiger partial charge in [0.1, 0.15) is 0 Å². The van der Waals surface area contributed by atoms with E-state index >= 15 is 0 Å². The molecule has 4 heteroatoms. The van der Waals surface area contributed by atoms with E-state index in [4.69, 9.17) is 5.26 Å². The van der Waals surface area contributed by atoms with Crippen molar-refractivity contribution in [3.05, 3.63) is 21.4 Å². The first-order chi connectivity index (χ1) is 7.60. The number of thiophene rings is 1. The summed E-state index contributed by atoms with van der Waals surface area (Å²) in [4.78, 5) is 15.7. The van der Waals surface area contributed by atoms with Gasteiger partial charge in [0.25, 0.3) is 5.91 Å². The summed E-state index contributed by atoms with van der Waals surface area (Å²) in [6.07, 6.45) is 0.392. The van der Waals surface area contributed by atoms with Crippen molar-refractivity contribution in [1.82, 2.24) is 4.90 Å². The van der Waals surface area contributed by atoms with Crippen LogP contribution in [0.25, 0.3) is 0 Å². The van der Waals surface area contributed by atoms with Gasteiger partial charge < -0.3 is 4.90 Å². The summed E-state index contributed by atoms with van der Waals surface area (Å²) in [5.74, 6) is 0.0407. The van der Waals surface area contributed by atoms with Gasteiger partial charge in [0.15, 0.2) is 0 Å². The third-order valence-corrected chi connectivity index (χ3v) is 3.68. The lowest BCUT2D eigenvalue weighted by atomic mass is 10.2. The molecular weight excluding hydrogens is 220 g/mol. The van der Waals surface area contributed by atoms with Crippen LogP contribution in [0.1, 0.15) is 33.5 Å². The van der Waals surface area contributed by atoms with Crippen molar-refractivity contribution in [3.8, 4) is 6.07 Å². The second-order valence-corrected chi connectivity index (χ2v) is 4.90. The quantitative estimate of drug-likeness (QED) is 0.806. The van der Waals surface area contributed by atoms with Gasteiger partial charge in [-0.25, -0.2) is 0 Å². The van der Waals surface area contributed by atoms with Crippen LogP contribution >= 0.6 is 11.3 Å². The van der Waals surface area contributed by atoms with Gasteiger partial charge in [-0.05, 0) is 32.4 Å². The van der Waals surface area contributed by atoms with E-state index < -0.39 is 0 Å². The SMILES string of the molecule is CCN(CCC#N)C(=O)c1cc(C)c(C)s1. The molecule has 0 aliphatic carbocycles. The van der Waals surface area contributed by atoms with Gasteiger partial charge in [0.05, 0.1) is 17.4 Å². The molecule has 86 valence electrons. The number of carbonyl (C=O) groups excluding carboxylic acids is 1. The molecule has 0 N–H and O–H groups in total. The predicted molar refractivity (Wildman–Crippen MR) is 65.6 cm³/mol. The molecule has 0 bridgehead atoms. The minimum absolute atomic E-state index is 0.0407. The number of aryl methyl sites for hydroxylation is 2. The van der Waals surface area contributed by atoms with E-state index in [0.717, 1.165) is 10.4 Å². The average Bonchev–Trinajstić information content (AvgIpc) is 2.60. The highest BCUT2D eigenvalue weighted by Gasteiger charge is 2.16. The third kappa shape index (κ3) is 2.83. The standard InChI is InChI=1S/C12H16N2OS/c1-4-14(7-5-6-13)12(15)11-8-9(2)10(3)16-11/h8H,4-5,7H2,1-3H3. The van der Waals surface area contributed by atoms with Crippen LogP contribution in [0.5, 0.6) is 0 Å². The van der Waals surface area contributed by atoms with Gasteiger partial charge in [0, 0.05) is 18.0 Å². The fraction of sp³-hybridized carbons (Fsp3) is 0.500. The summed E-state index contributed by atoms with van der Waals surface area (Å²) >= 11 is 1.53. The Bertz CT molecular complexity index is 398. The fourth-order valence-corrected chi connectivity index (χ4v) is 2.42. The van der Waals surface area contributed by atoms with E-state index in [-0.39, 0.29) is 5.91 Å². The molecule has 3 nitrogen and oxygen atoms in total. The van der Waals surface area contributed by atoms with Gasteiger partial charge in [-0.15, -0.1) is 11.3 Å². The summed E-state index contributed by atoms with van der Waals surface area (Å²) < 4.78 is 0. The van der Waals surface area contributed by atoms with Crippen molar-refractivity contribution in [2.24, 2.45) is 0 Å². The summed E-state index contributed by atoms with van der Waals surface area (Å²) in [5.41, 5.74) is 1.16. The minimum atomic E-state index is 0.0407. The van der Waals surface area contributed by atoms with Crippen LogP contribution in [0.3, 0.4) is 0 Å². The maximum absolute atomic E-state index is 12.1. The first-order valence-electron chi connectivity index (χ1n) is 5.33. The molecule has 0 saturated carbocycles. The first-order valence-corrected chi connectivity index (χ1v) is 6.15. The average molecular weight is 236 g/mol. The predicted octanol–water partition coefficient (Wildman–Crippen LogP) is 2.74. The molecular formula is C12H16N2OS. The van der Waals surface area contributed by atoms with Gasteiger partial charge >= 0.3 is 0 Å². The van der Waals surface area contributed by atoms with E-state index in [0.29, 0.717) is 19.5 Å². The topological polar surface area (TPSA) is 44.1 Å². The molecule has 16 heavy (non-hydrogen) atoms. The molecule has 0 aliphatic heterocycles. The van der Waals surface area contributed by atoms with Crippen LogP contribution < -0.4 is 0 Å². The molecule has 0 atom stereocenters. The zero-order valence-electron chi connectivity index (χ0n) is 9.91. The molecule has 0 spiro atoms. The highest BCUT2D eigenvalue weighted by molar-refractivity contribution is 7.14. The highest BCUT2D eigenvalue weighted by Crippen LogP contribution is 2.22. The lowest BCUT2D eigenvalue weighted by molar-refractivity contribution is 0.0772. The molecule has 1 amide bonds. The summed E-state index contributed by atoms with van der Waals surface area (Å²) in [7, 11) is 0. The van der Waals surface area contributed by atoms with Gasteiger partial charge in [-0.3, -0.25) is 4.79 Å². The van der Waals surface area contributed by atoms with Gasteiger partial charge in [0.2, 0.25) is 0 Å². The molecule has 0 saturated heterocycles. The molecule has 1 aromatic heterocycles. The van der Waals surface area contributed by atoms with Crippen LogP contribution in [0, 0.1) is 25.2 Å². The molecule has 1 heterocycles. The molecule has 0 aliphatic rings. The van der Waals surface area contributed by atoms with E-state index in [1.807, 2.05) is 26.8 Å². The maximum atomic E-state index is 12.1. The number of nitriles is 1. The maximum Gasteiger partial charge on any atom is 0.263 e. The summed E-state index contributed by atoms with van der Waals surface area (Å²) in [6.45, 7) is 7.12. The van der Waals surface area contributed by atoms with Crippen LogP contribution in [0.15, 0.2) is 6.07 Å². The second-order valence-electron chi connectivity index (χ2n) is 3.64. The number of amides is 1. The van der Waals surface area contributed by atoms with Crippen molar-refractivity contribution >= 4 is 17.2 Å². The largest absolute Gasteiger partial charge is 0.337 e. The first kappa shape index (κ1) is 12.7. The normalized spacial score (nSPS) is 9.88. The van der Waals surface area contributed by atoms with E-state index in [1.54, 1.807) is 4.90 Å². The minimum Gasteiger partial charge on any atom is -0.337 e. The lowest BCUT2D eigenvalue weighted by Gasteiger charge is -2.18. The zero-order valence-corrected chi connectivity index (χ0v) is 10.7. The Morgan fingerprint density at radius 1 is 1.56 bits per heavy atom. The van der Waals surface area contributed by atoms with Crippen molar-refractivity contribution in [1.29, 1.82) is 5.26 Å². The van der Waals surface area contributed by atoms with Crippen LogP contribution in [0.4, 0.5) is 0 Å². The number of carbonyl (C=O) groups is 1. The van der Waals surface area contributed by atoms with Crippen molar-refractivity contribution < 1.29 is 4.79 Å². The number of rotatable bonds is 4. The van der Waals surface area contributed by atoms with Crippen molar-refractivity contribution in [3.63, 3.8) is 0 Å². The summed E-state index contributed by atoms with van der Waals surface area (Å²) in [6, 6.07) is 3.99. The van der Waals surface area contributed by atoms with Gasteiger partial charge in [-0.1, -0.05) is 0 Å². The zero-order chi connectivity index (χ0) is 12.1. The van der Waals surface area contributed by atoms with E-state index in [2.05, 4.69) is 6.07 Å². The summed E-state index contributed by atoms with van der Waals surface area (Å²) in [5, 5.41) is 8.53. The van der Waals surface area contributed by atoms with Crippen molar-refractivity contribution in [2.75, 3.05) is 13.1 Å². The molecule has 1 rings (SSSR count). The van der Waals surface area contributed by atoms with Gasteiger partial charge in [-0.2, -0.15) is 5.26 Å². The number of hydrogen-bond acceptors (Lipinski definition) is 3. The molecule has 0 fully saturated rings. The monoisotopic (exact) mass is 236 g/mol. The molecule has 0 radical (unpaired) electrons. The molecule has 0 aromatic carbocycles. The van der Waals surface area contributed by atoms with Crippen LogP contribution in [0.2, 0.25) is 0 Å². The molecule has 1 aromatic rings. The fourth-order valence-electron chi connectivity index (χ4n) is 1.42. The smallest absolute Gasteiger partial charge is 0.263 e. The van der Waals surface area contributed by atoms with Crippen LogP contribution in [-0.2, 0) is 0 Å². The second kappa shape index (κ2) is 5.66. The Labute approximate surface area is 100 Å². The van der Waals surface area contributed by atoms with Crippen LogP contribution in [-0.4, -0.2) is 23.9 Å². The Balaban J connectivity index is 2.79. The lowest BCUT2D eigenvalue weighted by Crippen LogP contribution is -2.31.